The van der Waals surface area contributed by atoms with Gasteiger partial charge in [0.1, 0.15) is 6.61 Å². The number of benzene rings is 1. The van der Waals surface area contributed by atoms with Crippen molar-refractivity contribution in [2.75, 3.05) is 39.8 Å². The smallest absolute Gasteiger partial charge is 0.203 e. The number of rotatable bonds is 13. The van der Waals surface area contributed by atoms with Crippen LogP contribution in [-0.4, -0.2) is 65.9 Å². The molecule has 0 aliphatic carbocycles. The summed E-state index contributed by atoms with van der Waals surface area (Å²) in [5.41, 5.74) is 7.08. The molecule has 0 saturated heterocycles. The van der Waals surface area contributed by atoms with E-state index < -0.39 is 0 Å². The normalized spacial score (nSPS) is 10.9. The molecule has 0 spiro atoms. The number of carbonyl (C=O) groups excluding carboxylic acids is 1. The van der Waals surface area contributed by atoms with Crippen molar-refractivity contribution in [2.24, 2.45) is 5.73 Å². The largest absolute Gasteiger partial charge is 0.377 e. The summed E-state index contributed by atoms with van der Waals surface area (Å²) in [7, 11) is 0. The summed E-state index contributed by atoms with van der Waals surface area (Å²) >= 11 is 0. The molecular formula is C18H25N5O4. The van der Waals surface area contributed by atoms with Gasteiger partial charge in [0.25, 0.3) is 0 Å². The van der Waals surface area contributed by atoms with Gasteiger partial charge in [0.2, 0.25) is 5.82 Å². The third-order valence-electron chi connectivity index (χ3n) is 3.61. The first kappa shape index (κ1) is 21.0. The molecule has 0 aliphatic heterocycles. The third-order valence-corrected chi connectivity index (χ3v) is 3.61. The maximum atomic E-state index is 11.9. The van der Waals surface area contributed by atoms with Gasteiger partial charge >= 0.3 is 0 Å². The highest BCUT2D eigenvalue weighted by molar-refractivity contribution is 5.79. The van der Waals surface area contributed by atoms with Crippen LogP contribution in [0.5, 0.6) is 0 Å². The number of nitrogens with zero attached hydrogens (tertiary/aromatic N) is 4. The van der Waals surface area contributed by atoms with Gasteiger partial charge < -0.3 is 19.9 Å². The van der Waals surface area contributed by atoms with Crippen LogP contribution < -0.4 is 5.73 Å². The molecule has 1 aromatic carbocycles. The summed E-state index contributed by atoms with van der Waals surface area (Å²) in [5, 5.41) is 15.8. The standard InChI is InChI=1S/C18H25N5O4/c1-14-20-22-18(23-21-14)16-5-2-15(3-6-16)4-7-17(24)12-26-10-8-25-9-11-27-13-19/h2-3,5-6H,4,7-13,19H2,1H3. The zero-order chi connectivity index (χ0) is 19.3. The number of ether oxygens (including phenoxy) is 3. The monoisotopic (exact) mass is 375 g/mol. The summed E-state index contributed by atoms with van der Waals surface area (Å²) in [4.78, 5) is 11.9. The Morgan fingerprint density at radius 1 is 0.926 bits per heavy atom. The second-order valence-electron chi connectivity index (χ2n) is 5.75. The van der Waals surface area contributed by atoms with E-state index in [4.69, 9.17) is 19.9 Å². The summed E-state index contributed by atoms with van der Waals surface area (Å²) in [5.74, 6) is 1.07. The highest BCUT2D eigenvalue weighted by Crippen LogP contribution is 2.15. The number of Topliss-reactive ketones (excluding diaryl/α,β-unsaturated/α-hetero) is 1. The highest BCUT2D eigenvalue weighted by Gasteiger charge is 2.06. The van der Waals surface area contributed by atoms with Gasteiger partial charge in [-0.15, -0.1) is 20.4 Å². The lowest BCUT2D eigenvalue weighted by atomic mass is 10.1. The molecule has 146 valence electrons. The maximum Gasteiger partial charge on any atom is 0.203 e. The van der Waals surface area contributed by atoms with E-state index in [1.807, 2.05) is 24.3 Å². The van der Waals surface area contributed by atoms with Crippen LogP contribution >= 0.6 is 0 Å². The minimum absolute atomic E-state index is 0.0563. The number of aromatic nitrogens is 4. The Kier molecular flexibility index (Phi) is 9.42. The van der Waals surface area contributed by atoms with E-state index in [0.29, 0.717) is 50.9 Å². The van der Waals surface area contributed by atoms with Gasteiger partial charge in [-0.05, 0) is 18.9 Å². The SMILES string of the molecule is Cc1nnc(-c2ccc(CCC(=O)COCCOCCOCN)cc2)nn1. The van der Waals surface area contributed by atoms with E-state index in [1.54, 1.807) is 6.92 Å². The first-order valence-electron chi connectivity index (χ1n) is 8.77. The van der Waals surface area contributed by atoms with Crippen LogP contribution in [0.25, 0.3) is 11.4 Å². The summed E-state index contributed by atoms with van der Waals surface area (Å²) in [6, 6.07) is 7.69. The second kappa shape index (κ2) is 12.1. The van der Waals surface area contributed by atoms with Crippen LogP contribution in [0.3, 0.4) is 0 Å². The Bertz CT molecular complexity index is 679. The number of carbonyl (C=O) groups is 1. The van der Waals surface area contributed by atoms with Gasteiger partial charge in [-0.3, -0.25) is 4.79 Å². The van der Waals surface area contributed by atoms with Gasteiger partial charge in [0, 0.05) is 12.0 Å². The Morgan fingerprint density at radius 3 is 2.22 bits per heavy atom. The zero-order valence-corrected chi connectivity index (χ0v) is 15.5. The molecule has 2 aromatic rings. The fourth-order valence-corrected chi connectivity index (χ4v) is 2.18. The molecule has 9 nitrogen and oxygen atoms in total. The molecule has 2 rings (SSSR count). The van der Waals surface area contributed by atoms with Crippen molar-refractivity contribution >= 4 is 5.78 Å². The Morgan fingerprint density at radius 2 is 1.56 bits per heavy atom. The van der Waals surface area contributed by atoms with Crippen LogP contribution in [0, 0.1) is 6.92 Å². The van der Waals surface area contributed by atoms with Crippen LogP contribution in [0.15, 0.2) is 24.3 Å². The molecule has 0 fully saturated rings. The van der Waals surface area contributed by atoms with Crippen molar-refractivity contribution in [3.63, 3.8) is 0 Å². The fourth-order valence-electron chi connectivity index (χ4n) is 2.18. The number of ketones is 1. The topological polar surface area (TPSA) is 122 Å². The van der Waals surface area contributed by atoms with Gasteiger partial charge in [0.05, 0.1) is 33.2 Å². The third kappa shape index (κ3) is 8.27. The molecule has 0 atom stereocenters. The van der Waals surface area contributed by atoms with Gasteiger partial charge in [-0.1, -0.05) is 24.3 Å². The second-order valence-corrected chi connectivity index (χ2v) is 5.75. The van der Waals surface area contributed by atoms with Gasteiger partial charge in [-0.2, -0.15) is 0 Å². The van der Waals surface area contributed by atoms with Gasteiger partial charge in [0.15, 0.2) is 11.6 Å². The van der Waals surface area contributed by atoms with E-state index in [2.05, 4.69) is 20.4 Å². The summed E-state index contributed by atoms with van der Waals surface area (Å²) in [6.45, 7) is 3.73. The number of hydrogen-bond donors (Lipinski definition) is 1. The lowest BCUT2D eigenvalue weighted by Gasteiger charge is -2.06. The molecule has 27 heavy (non-hydrogen) atoms. The van der Waals surface area contributed by atoms with E-state index in [1.165, 1.54) is 0 Å². The molecule has 9 heteroatoms. The van der Waals surface area contributed by atoms with Crippen molar-refractivity contribution < 1.29 is 19.0 Å². The number of aryl methyl sites for hydroxylation is 2. The summed E-state index contributed by atoms with van der Waals surface area (Å²) in [6.07, 6.45) is 1.08. The Balaban J connectivity index is 1.61. The maximum absolute atomic E-state index is 11.9. The molecule has 0 amide bonds. The summed E-state index contributed by atoms with van der Waals surface area (Å²) < 4.78 is 15.5. The van der Waals surface area contributed by atoms with Crippen molar-refractivity contribution in [3.8, 4) is 11.4 Å². The molecule has 1 heterocycles. The minimum Gasteiger partial charge on any atom is -0.377 e. The van der Waals surface area contributed by atoms with Crippen LogP contribution in [0.1, 0.15) is 17.8 Å². The molecule has 0 radical (unpaired) electrons. The number of nitrogens with two attached hydrogens (primary N) is 1. The Labute approximate surface area is 158 Å². The molecule has 0 unspecified atom stereocenters. The zero-order valence-electron chi connectivity index (χ0n) is 15.5. The lowest BCUT2D eigenvalue weighted by Crippen LogP contribution is -2.15. The molecule has 0 bridgehead atoms. The van der Waals surface area contributed by atoms with Crippen molar-refractivity contribution in [1.29, 1.82) is 0 Å². The first-order chi connectivity index (χ1) is 13.2. The fraction of sp³-hybridized carbons (Fsp3) is 0.500. The van der Waals surface area contributed by atoms with Gasteiger partial charge in [-0.25, -0.2) is 0 Å². The number of hydrogen-bond acceptors (Lipinski definition) is 9. The minimum atomic E-state index is 0.0563. The first-order valence-corrected chi connectivity index (χ1v) is 8.77. The van der Waals surface area contributed by atoms with Crippen molar-refractivity contribution in [3.05, 3.63) is 35.7 Å². The predicted molar refractivity (Wildman–Crippen MR) is 97.8 cm³/mol. The molecule has 0 saturated carbocycles. The molecule has 0 aliphatic rings. The average Bonchev–Trinajstić information content (AvgIpc) is 2.69. The highest BCUT2D eigenvalue weighted by atomic mass is 16.5. The van der Waals surface area contributed by atoms with Crippen molar-refractivity contribution in [2.45, 2.75) is 19.8 Å². The van der Waals surface area contributed by atoms with Crippen LogP contribution in [0.4, 0.5) is 0 Å². The average molecular weight is 375 g/mol. The quantitative estimate of drug-likeness (QED) is 0.398. The lowest BCUT2D eigenvalue weighted by molar-refractivity contribution is -0.124. The molecule has 2 N–H and O–H groups in total. The van der Waals surface area contributed by atoms with E-state index >= 15 is 0 Å². The van der Waals surface area contributed by atoms with Crippen molar-refractivity contribution in [1.82, 2.24) is 20.4 Å². The van der Waals surface area contributed by atoms with E-state index in [0.717, 1.165) is 11.1 Å². The van der Waals surface area contributed by atoms with Crippen LogP contribution in [-0.2, 0) is 25.4 Å². The Hall–Kier alpha value is -2.33. The van der Waals surface area contributed by atoms with Crippen LogP contribution in [0.2, 0.25) is 0 Å². The molecule has 1 aromatic heterocycles. The molecular weight excluding hydrogens is 350 g/mol. The van der Waals surface area contributed by atoms with E-state index in [9.17, 15) is 4.79 Å². The van der Waals surface area contributed by atoms with E-state index in [-0.39, 0.29) is 19.1 Å². The predicted octanol–water partition coefficient (Wildman–Crippen LogP) is 0.710.